The number of thioether (sulfide) groups is 1. The van der Waals surface area contributed by atoms with Gasteiger partial charge in [0.25, 0.3) is 0 Å². The molecule has 0 bridgehead atoms. The van der Waals surface area contributed by atoms with Gasteiger partial charge in [-0.15, -0.1) is 11.8 Å². The fourth-order valence-corrected chi connectivity index (χ4v) is 5.06. The summed E-state index contributed by atoms with van der Waals surface area (Å²) in [6.07, 6.45) is 0. The molecule has 1 saturated heterocycles. The van der Waals surface area contributed by atoms with Crippen molar-refractivity contribution in [3.63, 3.8) is 0 Å². The molecule has 5 nitrogen and oxygen atoms in total. The Bertz CT molecular complexity index is 948. The minimum Gasteiger partial charge on any atom is -0.465 e. The summed E-state index contributed by atoms with van der Waals surface area (Å²) in [5.41, 5.74) is 2.46. The van der Waals surface area contributed by atoms with Crippen molar-refractivity contribution in [2.45, 2.75) is 23.9 Å². The molecule has 0 spiro atoms. The number of β-lactam (4-membered cyclic amide) rings is 1. The highest BCUT2D eigenvalue weighted by Gasteiger charge is 2.47. The Morgan fingerprint density at radius 2 is 1.38 bits per heavy atom. The molecular weight excluding hydrogens is 420 g/mol. The van der Waals surface area contributed by atoms with Gasteiger partial charge in [0.2, 0.25) is 5.91 Å². The Morgan fingerprint density at radius 3 is 1.78 bits per heavy atom. The first-order valence-corrected chi connectivity index (χ1v) is 11.7. The zero-order chi connectivity index (χ0) is 22.4. The van der Waals surface area contributed by atoms with Crippen LogP contribution in [-0.2, 0) is 19.9 Å². The lowest BCUT2D eigenvalue weighted by Gasteiger charge is -2.45. The van der Waals surface area contributed by atoms with Crippen LogP contribution in [0.2, 0.25) is 0 Å². The van der Waals surface area contributed by atoms with E-state index in [1.54, 1.807) is 11.8 Å². The van der Waals surface area contributed by atoms with Gasteiger partial charge in [-0.25, -0.2) is 0 Å². The average molecular weight is 447 g/mol. The van der Waals surface area contributed by atoms with Crippen molar-refractivity contribution in [2.75, 3.05) is 12.4 Å². The lowest BCUT2D eigenvalue weighted by atomic mass is 9.76. The highest BCUT2D eigenvalue weighted by Crippen LogP contribution is 2.38. The third kappa shape index (κ3) is 4.56. The van der Waals surface area contributed by atoms with Crippen LogP contribution in [-0.4, -0.2) is 35.7 Å². The van der Waals surface area contributed by atoms with Gasteiger partial charge in [-0.2, -0.15) is 0 Å². The molecule has 0 radical (unpaired) electrons. The maximum atomic E-state index is 12.7. The molecule has 0 aliphatic carbocycles. The molecule has 3 aromatic carbocycles. The van der Waals surface area contributed by atoms with Crippen LogP contribution in [0.4, 0.5) is 0 Å². The van der Waals surface area contributed by atoms with Crippen molar-refractivity contribution in [2.24, 2.45) is 0 Å². The quantitative estimate of drug-likeness (QED) is 0.227. The predicted octanol–water partition coefficient (Wildman–Crippen LogP) is 3.69. The number of amides is 1. The van der Waals surface area contributed by atoms with E-state index in [2.05, 4.69) is 47.0 Å². The van der Waals surface area contributed by atoms with Crippen molar-refractivity contribution in [3.05, 3.63) is 108 Å². The van der Waals surface area contributed by atoms with E-state index < -0.39 is 11.6 Å². The topological polar surface area (TPSA) is 67.4 Å². The monoisotopic (exact) mass is 446 g/mol. The molecule has 1 aliphatic heterocycles. The van der Waals surface area contributed by atoms with Gasteiger partial charge < -0.3 is 10.1 Å². The Hall–Kier alpha value is -3.09. The van der Waals surface area contributed by atoms with E-state index in [0.717, 1.165) is 16.7 Å². The zero-order valence-corrected chi connectivity index (χ0v) is 18.7. The number of carbonyl (C=O) groups is 2. The molecule has 0 aromatic heterocycles. The molecule has 4 rings (SSSR count). The lowest BCUT2D eigenvalue weighted by Crippen LogP contribution is -2.70. The number of esters is 1. The normalized spacial score (nSPS) is 17.8. The van der Waals surface area contributed by atoms with Crippen molar-refractivity contribution in [1.82, 2.24) is 10.6 Å². The third-order valence-corrected chi connectivity index (χ3v) is 6.70. The van der Waals surface area contributed by atoms with Crippen LogP contribution < -0.4 is 10.6 Å². The maximum Gasteiger partial charge on any atom is 0.302 e. The van der Waals surface area contributed by atoms with Crippen LogP contribution >= 0.6 is 11.8 Å². The van der Waals surface area contributed by atoms with Crippen LogP contribution in [0.1, 0.15) is 23.6 Å². The summed E-state index contributed by atoms with van der Waals surface area (Å²) in [6.45, 7) is 1.72. The van der Waals surface area contributed by atoms with Crippen LogP contribution in [0.5, 0.6) is 0 Å². The SMILES string of the molecule is CC(=O)OCCS[C@@H]1NC(=O)[C@H]1NC(c1ccccc1)(c1ccccc1)c1ccccc1. The number of nitrogens with one attached hydrogen (secondary N) is 2. The maximum absolute atomic E-state index is 12.7. The molecule has 1 aliphatic rings. The summed E-state index contributed by atoms with van der Waals surface area (Å²) in [5, 5.41) is 6.59. The fraction of sp³-hybridized carbons (Fsp3) is 0.231. The summed E-state index contributed by atoms with van der Waals surface area (Å²) in [4.78, 5) is 23.7. The molecule has 2 N–H and O–H groups in total. The second kappa shape index (κ2) is 10.0. The zero-order valence-electron chi connectivity index (χ0n) is 17.9. The number of hydrogen-bond donors (Lipinski definition) is 2. The van der Waals surface area contributed by atoms with Gasteiger partial charge in [0.1, 0.15) is 12.6 Å². The first-order chi connectivity index (χ1) is 15.6. The molecule has 6 heteroatoms. The second-order valence-corrected chi connectivity index (χ2v) is 8.86. The van der Waals surface area contributed by atoms with E-state index in [0.29, 0.717) is 12.4 Å². The van der Waals surface area contributed by atoms with E-state index in [4.69, 9.17) is 4.74 Å². The molecule has 3 aromatic rings. The van der Waals surface area contributed by atoms with Gasteiger partial charge in [0.15, 0.2) is 0 Å². The number of rotatable bonds is 9. The molecule has 32 heavy (non-hydrogen) atoms. The van der Waals surface area contributed by atoms with Crippen LogP contribution in [0, 0.1) is 0 Å². The smallest absolute Gasteiger partial charge is 0.302 e. The van der Waals surface area contributed by atoms with E-state index in [9.17, 15) is 9.59 Å². The van der Waals surface area contributed by atoms with Gasteiger partial charge in [-0.05, 0) is 16.7 Å². The van der Waals surface area contributed by atoms with Gasteiger partial charge in [0, 0.05) is 12.7 Å². The van der Waals surface area contributed by atoms with Gasteiger partial charge in [-0.1, -0.05) is 91.0 Å². The lowest BCUT2D eigenvalue weighted by molar-refractivity contribution is -0.140. The summed E-state index contributed by atoms with van der Waals surface area (Å²) < 4.78 is 5.04. The number of carbonyl (C=O) groups excluding carboxylic acids is 2. The third-order valence-electron chi connectivity index (χ3n) is 5.55. The Balaban J connectivity index is 1.71. The molecule has 1 heterocycles. The van der Waals surface area contributed by atoms with Gasteiger partial charge >= 0.3 is 5.97 Å². The molecule has 0 saturated carbocycles. The summed E-state index contributed by atoms with van der Waals surface area (Å²) >= 11 is 1.57. The number of ether oxygens (including phenoxy) is 1. The minimum atomic E-state index is -0.707. The molecular formula is C26H26N2O3S. The summed E-state index contributed by atoms with van der Waals surface area (Å²) in [7, 11) is 0. The number of benzene rings is 3. The van der Waals surface area contributed by atoms with Gasteiger partial charge in [-0.3, -0.25) is 14.9 Å². The van der Waals surface area contributed by atoms with Crippen molar-refractivity contribution in [1.29, 1.82) is 0 Å². The summed E-state index contributed by atoms with van der Waals surface area (Å²) in [6, 6.07) is 30.2. The second-order valence-electron chi connectivity index (χ2n) is 7.61. The highest BCUT2D eigenvalue weighted by molar-refractivity contribution is 8.00. The fourth-order valence-electron chi connectivity index (χ4n) is 4.04. The van der Waals surface area contributed by atoms with E-state index in [1.807, 2.05) is 54.6 Å². The molecule has 0 unspecified atom stereocenters. The predicted molar refractivity (Wildman–Crippen MR) is 127 cm³/mol. The average Bonchev–Trinajstić information content (AvgIpc) is 2.83. The molecule has 164 valence electrons. The largest absolute Gasteiger partial charge is 0.465 e. The van der Waals surface area contributed by atoms with Crippen LogP contribution in [0.15, 0.2) is 91.0 Å². The Labute approximate surface area is 192 Å². The molecule has 2 atom stereocenters. The van der Waals surface area contributed by atoms with Crippen molar-refractivity contribution in [3.8, 4) is 0 Å². The van der Waals surface area contributed by atoms with Crippen molar-refractivity contribution < 1.29 is 14.3 Å². The first-order valence-electron chi connectivity index (χ1n) is 10.6. The summed E-state index contributed by atoms with van der Waals surface area (Å²) in [5.74, 6) is 0.272. The Morgan fingerprint density at radius 1 is 0.906 bits per heavy atom. The number of hydrogen-bond acceptors (Lipinski definition) is 5. The van der Waals surface area contributed by atoms with E-state index in [-0.39, 0.29) is 17.3 Å². The molecule has 1 amide bonds. The van der Waals surface area contributed by atoms with Crippen molar-refractivity contribution >= 4 is 23.6 Å². The molecule has 1 fully saturated rings. The standard InChI is InChI=1S/C26H26N2O3S/c1-19(29)31-17-18-32-25-23(24(30)27-25)28-26(20-11-5-2-6-12-20,21-13-7-3-8-14-21)22-15-9-4-10-16-22/h2-16,23,25,28H,17-18H2,1H3,(H,27,30)/t23-,25+/m1/s1. The van der Waals surface area contributed by atoms with E-state index in [1.165, 1.54) is 6.92 Å². The Kier molecular flexibility index (Phi) is 6.93. The van der Waals surface area contributed by atoms with Gasteiger partial charge in [0.05, 0.1) is 10.9 Å². The minimum absolute atomic E-state index is 0.0397. The van der Waals surface area contributed by atoms with E-state index >= 15 is 0 Å². The van der Waals surface area contributed by atoms with Crippen LogP contribution in [0.25, 0.3) is 0 Å². The van der Waals surface area contributed by atoms with Crippen LogP contribution in [0.3, 0.4) is 0 Å². The highest BCUT2D eigenvalue weighted by atomic mass is 32.2. The first kappa shape index (κ1) is 22.1.